The van der Waals surface area contributed by atoms with Gasteiger partial charge in [0.05, 0.1) is 18.4 Å². The van der Waals surface area contributed by atoms with Crippen LogP contribution in [-0.4, -0.2) is 16.7 Å². The first-order valence-corrected chi connectivity index (χ1v) is 7.74. The molecule has 4 atom stereocenters. The van der Waals surface area contributed by atoms with Crippen molar-refractivity contribution in [3.63, 3.8) is 0 Å². The van der Waals surface area contributed by atoms with Crippen molar-refractivity contribution < 1.29 is 9.59 Å². The average molecular weight is 281 g/mol. The van der Waals surface area contributed by atoms with Crippen LogP contribution in [0.2, 0.25) is 0 Å². The molecule has 1 saturated heterocycles. The van der Waals surface area contributed by atoms with Gasteiger partial charge in [-0.3, -0.25) is 14.5 Å². The molecule has 0 radical (unpaired) electrons. The van der Waals surface area contributed by atoms with Crippen molar-refractivity contribution in [3.8, 4) is 0 Å². The quantitative estimate of drug-likeness (QED) is 0.617. The lowest BCUT2D eigenvalue weighted by molar-refractivity contribution is -0.140. The number of hydrogen-bond donors (Lipinski definition) is 0. The topological polar surface area (TPSA) is 37.4 Å². The van der Waals surface area contributed by atoms with Gasteiger partial charge in [0.2, 0.25) is 11.8 Å². The van der Waals surface area contributed by atoms with Crippen LogP contribution in [0, 0.1) is 30.6 Å². The lowest BCUT2D eigenvalue weighted by Gasteiger charge is -2.38. The van der Waals surface area contributed by atoms with Crippen molar-refractivity contribution in [1.29, 1.82) is 0 Å². The molecule has 1 aliphatic heterocycles. The van der Waals surface area contributed by atoms with E-state index in [9.17, 15) is 9.59 Å². The van der Waals surface area contributed by atoms with Crippen LogP contribution in [0.4, 0.5) is 0 Å². The summed E-state index contributed by atoms with van der Waals surface area (Å²) in [5, 5.41) is 0. The lowest BCUT2D eigenvalue weighted by atomic mass is 9.63. The fraction of sp³-hybridized carbons (Fsp3) is 0.444. The molecule has 0 N–H and O–H groups in total. The molecule has 0 unspecified atom stereocenters. The first-order chi connectivity index (χ1) is 10.1. The number of carbonyl (C=O) groups is 2. The number of amides is 2. The van der Waals surface area contributed by atoms with E-state index in [0.717, 1.165) is 18.4 Å². The number of hydrogen-bond acceptors (Lipinski definition) is 2. The summed E-state index contributed by atoms with van der Waals surface area (Å²) in [6.07, 6.45) is 6.44. The number of nitrogens with zero attached hydrogens (tertiary/aromatic N) is 1. The molecule has 1 heterocycles. The van der Waals surface area contributed by atoms with E-state index in [1.807, 2.05) is 31.2 Å². The van der Waals surface area contributed by atoms with E-state index < -0.39 is 0 Å². The lowest BCUT2D eigenvalue weighted by Crippen LogP contribution is -2.38. The number of fused-ring (bicyclic) bond motifs is 1. The summed E-state index contributed by atoms with van der Waals surface area (Å²) < 4.78 is 0. The third-order valence-electron chi connectivity index (χ3n) is 5.31. The Labute approximate surface area is 124 Å². The predicted octanol–water partition coefficient (Wildman–Crippen LogP) is 2.69. The summed E-state index contributed by atoms with van der Waals surface area (Å²) >= 11 is 0. The summed E-state index contributed by atoms with van der Waals surface area (Å²) in [7, 11) is 0. The van der Waals surface area contributed by atoms with Gasteiger partial charge in [0.1, 0.15) is 0 Å². The predicted molar refractivity (Wildman–Crippen MR) is 79.1 cm³/mol. The molecular formula is C18H19NO2. The molecule has 3 aliphatic carbocycles. The van der Waals surface area contributed by atoms with Crippen LogP contribution in [0.5, 0.6) is 0 Å². The van der Waals surface area contributed by atoms with Crippen LogP contribution < -0.4 is 0 Å². The SMILES string of the molecule is Cc1ccc(CN2C(=O)[C@@H]3[C@@H](C2=O)[C@H]2C=C[C@H]3CC2)cc1. The molecule has 0 aromatic heterocycles. The molecule has 1 aromatic rings. The standard InChI is InChI=1S/C18H19NO2/c1-11-2-4-12(5-3-11)10-19-17(20)15-13-6-7-14(9-8-13)16(15)18(19)21/h2-7,13-16H,8-10H2,1H3/t13-,14-,15-,16-/m0/s1. The van der Waals surface area contributed by atoms with Gasteiger partial charge < -0.3 is 0 Å². The molecule has 2 amide bonds. The van der Waals surface area contributed by atoms with Gasteiger partial charge in [-0.2, -0.15) is 0 Å². The first kappa shape index (κ1) is 12.8. The third kappa shape index (κ3) is 1.87. The molecule has 4 aliphatic rings. The number of imide groups is 1. The molecule has 5 rings (SSSR count). The molecule has 3 nitrogen and oxygen atoms in total. The average Bonchev–Trinajstić information content (AvgIpc) is 2.78. The van der Waals surface area contributed by atoms with Crippen molar-refractivity contribution in [1.82, 2.24) is 4.90 Å². The Bertz CT molecular complexity index is 599. The van der Waals surface area contributed by atoms with E-state index >= 15 is 0 Å². The Morgan fingerprint density at radius 2 is 1.48 bits per heavy atom. The molecule has 3 heteroatoms. The van der Waals surface area contributed by atoms with Gasteiger partial charge >= 0.3 is 0 Å². The summed E-state index contributed by atoms with van der Waals surface area (Å²) in [4.78, 5) is 26.9. The minimum Gasteiger partial charge on any atom is -0.278 e. The molecule has 1 aromatic carbocycles. The second-order valence-corrected chi connectivity index (χ2v) is 6.59. The Kier molecular flexibility index (Phi) is 2.78. The van der Waals surface area contributed by atoms with E-state index in [-0.39, 0.29) is 35.5 Å². The number of allylic oxidation sites excluding steroid dienone is 2. The largest absolute Gasteiger partial charge is 0.278 e. The van der Waals surface area contributed by atoms with E-state index in [1.165, 1.54) is 10.5 Å². The zero-order chi connectivity index (χ0) is 14.6. The Hall–Kier alpha value is -1.90. The second-order valence-electron chi connectivity index (χ2n) is 6.59. The zero-order valence-electron chi connectivity index (χ0n) is 12.2. The van der Waals surface area contributed by atoms with Gasteiger partial charge in [0, 0.05) is 0 Å². The van der Waals surface area contributed by atoms with Crippen LogP contribution in [0.25, 0.3) is 0 Å². The van der Waals surface area contributed by atoms with Crippen LogP contribution in [0.1, 0.15) is 24.0 Å². The normalized spacial score (nSPS) is 33.7. The third-order valence-corrected chi connectivity index (χ3v) is 5.31. The van der Waals surface area contributed by atoms with Crippen LogP contribution in [0.3, 0.4) is 0 Å². The van der Waals surface area contributed by atoms with E-state index in [2.05, 4.69) is 12.2 Å². The summed E-state index contributed by atoms with van der Waals surface area (Å²) in [5.41, 5.74) is 2.22. The van der Waals surface area contributed by atoms with Crippen LogP contribution >= 0.6 is 0 Å². The molecular weight excluding hydrogens is 262 g/mol. The molecule has 0 spiro atoms. The zero-order valence-corrected chi connectivity index (χ0v) is 12.2. The fourth-order valence-corrected chi connectivity index (χ4v) is 4.17. The maximum atomic E-state index is 12.7. The Balaban J connectivity index is 1.61. The van der Waals surface area contributed by atoms with Gasteiger partial charge in [0.15, 0.2) is 0 Å². The molecule has 21 heavy (non-hydrogen) atoms. The smallest absolute Gasteiger partial charge is 0.234 e. The highest BCUT2D eigenvalue weighted by Gasteiger charge is 2.56. The Morgan fingerprint density at radius 1 is 0.952 bits per heavy atom. The number of benzene rings is 1. The highest BCUT2D eigenvalue weighted by molar-refractivity contribution is 6.06. The molecule has 2 bridgehead atoms. The molecule has 108 valence electrons. The second kappa shape index (κ2) is 4.55. The number of carbonyl (C=O) groups excluding carboxylic acids is 2. The van der Waals surface area contributed by atoms with Gasteiger partial charge in [-0.15, -0.1) is 0 Å². The van der Waals surface area contributed by atoms with E-state index in [1.54, 1.807) is 0 Å². The fourth-order valence-electron chi connectivity index (χ4n) is 4.17. The van der Waals surface area contributed by atoms with Crippen LogP contribution in [-0.2, 0) is 16.1 Å². The minimum absolute atomic E-state index is 0.0459. The summed E-state index contributed by atoms with van der Waals surface area (Å²) in [5.74, 6) is 0.464. The summed E-state index contributed by atoms with van der Waals surface area (Å²) in [6, 6.07) is 8.06. The van der Waals surface area contributed by atoms with Crippen molar-refractivity contribution in [2.45, 2.75) is 26.3 Å². The molecule has 2 fully saturated rings. The number of aryl methyl sites for hydroxylation is 1. The Morgan fingerprint density at radius 3 is 1.95 bits per heavy atom. The van der Waals surface area contributed by atoms with Crippen molar-refractivity contribution in [2.75, 3.05) is 0 Å². The maximum Gasteiger partial charge on any atom is 0.234 e. The van der Waals surface area contributed by atoms with Gasteiger partial charge in [0.25, 0.3) is 0 Å². The summed E-state index contributed by atoms with van der Waals surface area (Å²) in [6.45, 7) is 2.46. The minimum atomic E-state index is -0.0910. The van der Waals surface area contributed by atoms with Gasteiger partial charge in [-0.1, -0.05) is 42.0 Å². The van der Waals surface area contributed by atoms with Crippen LogP contribution in [0.15, 0.2) is 36.4 Å². The van der Waals surface area contributed by atoms with Gasteiger partial charge in [-0.25, -0.2) is 0 Å². The first-order valence-electron chi connectivity index (χ1n) is 7.74. The number of rotatable bonds is 2. The number of likely N-dealkylation sites (tertiary alicyclic amines) is 1. The van der Waals surface area contributed by atoms with E-state index in [0.29, 0.717) is 6.54 Å². The van der Waals surface area contributed by atoms with Gasteiger partial charge in [-0.05, 0) is 37.2 Å². The van der Waals surface area contributed by atoms with E-state index in [4.69, 9.17) is 0 Å². The maximum absolute atomic E-state index is 12.7. The van der Waals surface area contributed by atoms with Crippen molar-refractivity contribution >= 4 is 11.8 Å². The van der Waals surface area contributed by atoms with Crippen molar-refractivity contribution in [3.05, 3.63) is 47.5 Å². The molecule has 1 saturated carbocycles. The highest BCUT2D eigenvalue weighted by Crippen LogP contribution is 2.49. The van der Waals surface area contributed by atoms with Crippen molar-refractivity contribution in [2.24, 2.45) is 23.7 Å². The monoisotopic (exact) mass is 281 g/mol. The highest BCUT2D eigenvalue weighted by atomic mass is 16.2.